The van der Waals surface area contributed by atoms with E-state index >= 15 is 0 Å². The third kappa shape index (κ3) is 4.78. The monoisotopic (exact) mass is 435 g/mol. The van der Waals surface area contributed by atoms with Gasteiger partial charge in [-0.25, -0.2) is 4.79 Å². The predicted molar refractivity (Wildman–Crippen MR) is 93.5 cm³/mol. The first-order chi connectivity index (χ1) is 14.2. The molecule has 3 heterocycles. The van der Waals surface area contributed by atoms with Gasteiger partial charge in [0.15, 0.2) is 5.69 Å². The number of pyridine rings is 1. The van der Waals surface area contributed by atoms with Crippen LogP contribution in [0.2, 0.25) is 0 Å². The standard InChI is InChI=1S/C17H20F3N3O7/c1-10(17(18,19)20)22-8-21-23-5-2-12(24)14(13(23)15(22)25)28-9-29-16(26)30-11-3-6-27-7-4-11/h2,5,10-11,21H,3-4,6-9H2,1H3/t10-/m1/s1. The van der Waals surface area contributed by atoms with Crippen LogP contribution in [0.15, 0.2) is 17.1 Å². The molecule has 1 aromatic rings. The van der Waals surface area contributed by atoms with E-state index < -0.39 is 54.6 Å². The third-order valence-corrected chi connectivity index (χ3v) is 4.68. The molecule has 13 heteroatoms. The van der Waals surface area contributed by atoms with Crippen LogP contribution in [-0.2, 0) is 14.2 Å². The van der Waals surface area contributed by atoms with Gasteiger partial charge in [0.25, 0.3) is 5.91 Å². The first-order valence-corrected chi connectivity index (χ1v) is 9.09. The highest BCUT2D eigenvalue weighted by atomic mass is 19.4. The lowest BCUT2D eigenvalue weighted by Crippen LogP contribution is -2.54. The van der Waals surface area contributed by atoms with Gasteiger partial charge in [-0.3, -0.25) is 14.3 Å². The Kier molecular flexibility index (Phi) is 6.39. The van der Waals surface area contributed by atoms with Crippen LogP contribution in [0, 0.1) is 0 Å². The normalized spacial score (nSPS) is 18.3. The molecule has 166 valence electrons. The molecule has 1 amide bonds. The molecule has 10 nitrogen and oxygen atoms in total. The van der Waals surface area contributed by atoms with Crippen LogP contribution in [0.4, 0.5) is 18.0 Å². The zero-order valence-electron chi connectivity index (χ0n) is 15.9. The second-order valence-electron chi connectivity index (χ2n) is 6.62. The summed E-state index contributed by atoms with van der Waals surface area (Å²) >= 11 is 0. The zero-order valence-corrected chi connectivity index (χ0v) is 15.9. The highest BCUT2D eigenvalue weighted by Gasteiger charge is 2.44. The lowest BCUT2D eigenvalue weighted by Gasteiger charge is -2.36. The predicted octanol–water partition coefficient (Wildman–Crippen LogP) is 1.42. The number of fused-ring (bicyclic) bond motifs is 1. The topological polar surface area (TPSA) is 108 Å². The molecule has 0 bridgehead atoms. The van der Waals surface area contributed by atoms with Gasteiger partial charge in [-0.1, -0.05) is 0 Å². The molecule has 2 aliphatic heterocycles. The van der Waals surface area contributed by atoms with Gasteiger partial charge in [0.2, 0.25) is 18.0 Å². The number of hydrogen-bond donors (Lipinski definition) is 1. The molecular formula is C17H20F3N3O7. The maximum Gasteiger partial charge on any atom is 0.511 e. The van der Waals surface area contributed by atoms with Gasteiger partial charge in [-0.05, 0) is 6.92 Å². The first-order valence-electron chi connectivity index (χ1n) is 9.09. The quantitative estimate of drug-likeness (QED) is 0.547. The van der Waals surface area contributed by atoms with Crippen molar-refractivity contribution in [2.24, 2.45) is 0 Å². The van der Waals surface area contributed by atoms with Crippen LogP contribution >= 0.6 is 0 Å². The summed E-state index contributed by atoms with van der Waals surface area (Å²) in [6.45, 7) is 0.526. The van der Waals surface area contributed by atoms with Crippen molar-refractivity contribution < 1.29 is 41.7 Å². The fourth-order valence-corrected chi connectivity index (χ4v) is 2.94. The fourth-order valence-electron chi connectivity index (χ4n) is 2.94. The van der Waals surface area contributed by atoms with Gasteiger partial charge >= 0.3 is 12.3 Å². The second-order valence-corrected chi connectivity index (χ2v) is 6.62. The fraction of sp³-hybridized carbons (Fsp3) is 0.588. The largest absolute Gasteiger partial charge is 0.511 e. The SMILES string of the molecule is C[C@@H](N1CNn2ccc(=O)c(OCOC(=O)OC3CCOCC3)c2C1=O)C(F)(F)F. The second kappa shape index (κ2) is 8.81. The Morgan fingerprint density at radius 2 is 2.03 bits per heavy atom. The van der Waals surface area contributed by atoms with Gasteiger partial charge in [0, 0.05) is 25.1 Å². The molecule has 1 N–H and O–H groups in total. The Labute approximate surface area is 168 Å². The van der Waals surface area contributed by atoms with Crippen LogP contribution in [0.5, 0.6) is 5.75 Å². The molecule has 0 unspecified atom stereocenters. The highest BCUT2D eigenvalue weighted by molar-refractivity contribution is 5.96. The van der Waals surface area contributed by atoms with E-state index in [1.54, 1.807) is 0 Å². The molecular weight excluding hydrogens is 415 g/mol. The van der Waals surface area contributed by atoms with Gasteiger partial charge < -0.3 is 29.3 Å². The molecule has 1 aromatic heterocycles. The summed E-state index contributed by atoms with van der Waals surface area (Å²) in [6, 6.07) is -1.04. The number of carbonyl (C=O) groups excluding carboxylic acids is 2. The van der Waals surface area contributed by atoms with Crippen LogP contribution in [0.1, 0.15) is 30.3 Å². The lowest BCUT2D eigenvalue weighted by atomic mass is 10.2. The van der Waals surface area contributed by atoms with E-state index in [-0.39, 0.29) is 6.10 Å². The summed E-state index contributed by atoms with van der Waals surface area (Å²) in [7, 11) is 0. The first kappa shape index (κ1) is 21.7. The van der Waals surface area contributed by atoms with E-state index in [0.29, 0.717) is 31.0 Å². The Hall–Kier alpha value is -2.96. The van der Waals surface area contributed by atoms with Crippen molar-refractivity contribution >= 4 is 12.1 Å². The number of hydrogen-bond acceptors (Lipinski definition) is 8. The molecule has 3 rings (SSSR count). The Balaban J connectivity index is 1.68. The van der Waals surface area contributed by atoms with Crippen LogP contribution in [0.3, 0.4) is 0 Å². The number of ether oxygens (including phenoxy) is 4. The van der Waals surface area contributed by atoms with Gasteiger partial charge in [-0.2, -0.15) is 13.2 Å². The van der Waals surface area contributed by atoms with Crippen LogP contribution in [0.25, 0.3) is 0 Å². The average Bonchev–Trinajstić information content (AvgIpc) is 2.69. The third-order valence-electron chi connectivity index (χ3n) is 4.68. The Morgan fingerprint density at radius 1 is 1.33 bits per heavy atom. The number of amides is 1. The average molecular weight is 435 g/mol. The van der Waals surface area contributed by atoms with Crippen molar-refractivity contribution in [2.45, 2.75) is 38.1 Å². The van der Waals surface area contributed by atoms with E-state index in [9.17, 15) is 27.6 Å². The summed E-state index contributed by atoms with van der Waals surface area (Å²) in [5, 5.41) is 0. The molecule has 0 aliphatic carbocycles. The number of carbonyl (C=O) groups is 2. The maximum atomic E-state index is 13.0. The maximum absolute atomic E-state index is 13.0. The molecule has 30 heavy (non-hydrogen) atoms. The molecule has 1 fully saturated rings. The molecule has 0 aromatic carbocycles. The van der Waals surface area contributed by atoms with Crippen molar-refractivity contribution in [2.75, 3.05) is 32.1 Å². The highest BCUT2D eigenvalue weighted by Crippen LogP contribution is 2.28. The molecule has 1 atom stereocenters. The Bertz CT molecular complexity index is 852. The summed E-state index contributed by atoms with van der Waals surface area (Å²) in [5.41, 5.74) is 1.37. The number of nitrogens with one attached hydrogen (secondary N) is 1. The minimum atomic E-state index is -4.66. The molecule has 2 aliphatic rings. The van der Waals surface area contributed by atoms with Crippen molar-refractivity contribution in [3.8, 4) is 5.75 Å². The molecule has 0 radical (unpaired) electrons. The van der Waals surface area contributed by atoms with E-state index in [1.165, 1.54) is 6.20 Å². The van der Waals surface area contributed by atoms with E-state index in [4.69, 9.17) is 18.9 Å². The van der Waals surface area contributed by atoms with Gasteiger partial charge in [0.1, 0.15) is 18.8 Å². The smallest absolute Gasteiger partial charge is 0.451 e. The van der Waals surface area contributed by atoms with Gasteiger partial charge in [0.05, 0.1) is 13.2 Å². The summed E-state index contributed by atoms with van der Waals surface area (Å²) < 4.78 is 60.3. The lowest BCUT2D eigenvalue weighted by molar-refractivity contribution is -0.172. The van der Waals surface area contributed by atoms with Crippen molar-refractivity contribution in [1.29, 1.82) is 0 Å². The minimum absolute atomic E-state index is 0.371. The van der Waals surface area contributed by atoms with E-state index in [1.807, 2.05) is 0 Å². The summed E-state index contributed by atoms with van der Waals surface area (Å²) in [6.07, 6.45) is -3.85. The molecule has 0 spiro atoms. The van der Waals surface area contributed by atoms with E-state index in [0.717, 1.165) is 17.7 Å². The van der Waals surface area contributed by atoms with Gasteiger partial charge in [-0.15, -0.1) is 0 Å². The number of halogens is 3. The summed E-state index contributed by atoms with van der Waals surface area (Å²) in [5.74, 6) is -1.61. The van der Waals surface area contributed by atoms with Crippen LogP contribution < -0.4 is 15.6 Å². The van der Waals surface area contributed by atoms with Crippen molar-refractivity contribution in [3.63, 3.8) is 0 Å². The minimum Gasteiger partial charge on any atom is -0.451 e. The zero-order chi connectivity index (χ0) is 21.9. The molecule has 1 saturated heterocycles. The van der Waals surface area contributed by atoms with Crippen molar-refractivity contribution in [3.05, 3.63) is 28.2 Å². The number of nitrogens with zero attached hydrogens (tertiary/aromatic N) is 2. The summed E-state index contributed by atoms with van der Waals surface area (Å²) in [4.78, 5) is 37.0. The van der Waals surface area contributed by atoms with Crippen LogP contribution in [-0.4, -0.2) is 66.6 Å². The van der Waals surface area contributed by atoms with Crippen molar-refractivity contribution in [1.82, 2.24) is 9.58 Å². The Morgan fingerprint density at radius 3 is 2.70 bits per heavy atom. The van der Waals surface area contributed by atoms with E-state index in [2.05, 4.69) is 5.43 Å². The molecule has 0 saturated carbocycles. The number of alkyl halides is 3. The number of aromatic nitrogens is 1. The number of rotatable bonds is 5.